The first kappa shape index (κ1) is 15.3. The SMILES string of the molecule is CCCCCOc1ccc(OCC(=O)NCC)cc1. The van der Waals surface area contributed by atoms with Crippen LogP contribution in [0.15, 0.2) is 24.3 Å². The molecule has 4 nitrogen and oxygen atoms in total. The number of rotatable bonds is 9. The van der Waals surface area contributed by atoms with E-state index in [4.69, 9.17) is 9.47 Å². The van der Waals surface area contributed by atoms with E-state index in [1.54, 1.807) is 0 Å². The van der Waals surface area contributed by atoms with Crippen LogP contribution >= 0.6 is 0 Å². The van der Waals surface area contributed by atoms with Gasteiger partial charge in [0.05, 0.1) is 6.61 Å². The lowest BCUT2D eigenvalue weighted by atomic mass is 10.3. The molecule has 0 aliphatic heterocycles. The highest BCUT2D eigenvalue weighted by atomic mass is 16.5. The zero-order chi connectivity index (χ0) is 13.9. The predicted octanol–water partition coefficient (Wildman–Crippen LogP) is 2.77. The second-order valence-electron chi connectivity index (χ2n) is 4.27. The number of nitrogens with one attached hydrogen (secondary N) is 1. The lowest BCUT2D eigenvalue weighted by Crippen LogP contribution is -2.28. The fourth-order valence-electron chi connectivity index (χ4n) is 1.57. The van der Waals surface area contributed by atoms with Crippen molar-refractivity contribution in [2.24, 2.45) is 0 Å². The van der Waals surface area contributed by atoms with Gasteiger partial charge in [0, 0.05) is 6.54 Å². The van der Waals surface area contributed by atoms with Crippen LogP contribution in [0.1, 0.15) is 33.1 Å². The lowest BCUT2D eigenvalue weighted by molar-refractivity contribution is -0.122. The Morgan fingerprint density at radius 3 is 2.26 bits per heavy atom. The van der Waals surface area contributed by atoms with Crippen LogP contribution in [0, 0.1) is 0 Å². The van der Waals surface area contributed by atoms with Crippen molar-refractivity contribution in [3.8, 4) is 11.5 Å². The highest BCUT2D eigenvalue weighted by molar-refractivity contribution is 5.77. The zero-order valence-corrected chi connectivity index (χ0v) is 11.8. The smallest absolute Gasteiger partial charge is 0.257 e. The quantitative estimate of drug-likeness (QED) is 0.698. The summed E-state index contributed by atoms with van der Waals surface area (Å²) in [5.74, 6) is 1.40. The largest absolute Gasteiger partial charge is 0.494 e. The van der Waals surface area contributed by atoms with E-state index in [9.17, 15) is 4.79 Å². The fourth-order valence-corrected chi connectivity index (χ4v) is 1.57. The zero-order valence-electron chi connectivity index (χ0n) is 11.8. The van der Waals surface area contributed by atoms with Gasteiger partial charge in [0.15, 0.2) is 6.61 Å². The Labute approximate surface area is 115 Å². The van der Waals surface area contributed by atoms with Crippen LogP contribution < -0.4 is 14.8 Å². The minimum Gasteiger partial charge on any atom is -0.494 e. The van der Waals surface area contributed by atoms with Crippen LogP contribution in [-0.4, -0.2) is 25.7 Å². The average Bonchev–Trinajstić information content (AvgIpc) is 2.43. The highest BCUT2D eigenvalue weighted by Crippen LogP contribution is 2.17. The molecule has 0 spiro atoms. The van der Waals surface area contributed by atoms with Gasteiger partial charge in [0.25, 0.3) is 5.91 Å². The molecule has 0 bridgehead atoms. The molecule has 0 unspecified atom stereocenters. The second kappa shape index (κ2) is 9.25. The van der Waals surface area contributed by atoms with E-state index in [2.05, 4.69) is 12.2 Å². The van der Waals surface area contributed by atoms with E-state index < -0.39 is 0 Å². The molecular weight excluding hydrogens is 242 g/mol. The maximum absolute atomic E-state index is 11.2. The van der Waals surface area contributed by atoms with E-state index in [1.807, 2.05) is 31.2 Å². The van der Waals surface area contributed by atoms with Gasteiger partial charge in [0.2, 0.25) is 0 Å². The molecule has 0 aromatic heterocycles. The number of carbonyl (C=O) groups is 1. The highest BCUT2D eigenvalue weighted by Gasteiger charge is 2.01. The van der Waals surface area contributed by atoms with Crippen LogP contribution in [-0.2, 0) is 4.79 Å². The molecule has 0 aliphatic carbocycles. The van der Waals surface area contributed by atoms with Crippen LogP contribution in [0.3, 0.4) is 0 Å². The minimum atomic E-state index is -0.109. The second-order valence-corrected chi connectivity index (χ2v) is 4.27. The summed E-state index contributed by atoms with van der Waals surface area (Å²) in [5, 5.41) is 2.68. The van der Waals surface area contributed by atoms with Gasteiger partial charge in [-0.05, 0) is 37.6 Å². The van der Waals surface area contributed by atoms with Gasteiger partial charge in [-0.15, -0.1) is 0 Å². The molecule has 1 aromatic rings. The maximum Gasteiger partial charge on any atom is 0.257 e. The third kappa shape index (κ3) is 6.70. The summed E-state index contributed by atoms with van der Waals surface area (Å²) in [6, 6.07) is 7.35. The topological polar surface area (TPSA) is 47.6 Å². The predicted molar refractivity (Wildman–Crippen MR) is 75.6 cm³/mol. The third-order valence-electron chi connectivity index (χ3n) is 2.58. The summed E-state index contributed by atoms with van der Waals surface area (Å²) >= 11 is 0. The molecule has 106 valence electrons. The molecule has 1 amide bonds. The number of ether oxygens (including phenoxy) is 2. The van der Waals surface area contributed by atoms with Gasteiger partial charge in [-0.3, -0.25) is 4.79 Å². The van der Waals surface area contributed by atoms with E-state index in [-0.39, 0.29) is 12.5 Å². The minimum absolute atomic E-state index is 0.0462. The van der Waals surface area contributed by atoms with Crippen molar-refractivity contribution in [1.29, 1.82) is 0 Å². The van der Waals surface area contributed by atoms with E-state index in [1.165, 1.54) is 12.8 Å². The number of benzene rings is 1. The summed E-state index contributed by atoms with van der Waals surface area (Å²) in [5.41, 5.74) is 0. The van der Waals surface area contributed by atoms with Crippen molar-refractivity contribution in [3.05, 3.63) is 24.3 Å². The lowest BCUT2D eigenvalue weighted by Gasteiger charge is -2.08. The Balaban J connectivity index is 2.29. The van der Waals surface area contributed by atoms with E-state index >= 15 is 0 Å². The summed E-state index contributed by atoms with van der Waals surface area (Å²) in [4.78, 5) is 11.2. The summed E-state index contributed by atoms with van der Waals surface area (Å²) in [6.45, 7) is 5.45. The standard InChI is InChI=1S/C15H23NO3/c1-3-5-6-11-18-13-7-9-14(10-8-13)19-12-15(17)16-4-2/h7-10H,3-6,11-12H2,1-2H3,(H,16,17). The molecular formula is C15H23NO3. The summed E-state index contributed by atoms with van der Waals surface area (Å²) < 4.78 is 10.9. The normalized spacial score (nSPS) is 10.0. The number of hydrogen-bond donors (Lipinski definition) is 1. The van der Waals surface area contributed by atoms with Crippen LogP contribution in [0.4, 0.5) is 0 Å². The molecule has 1 aromatic carbocycles. The van der Waals surface area contributed by atoms with E-state index in [0.29, 0.717) is 12.3 Å². The Hall–Kier alpha value is -1.71. The van der Waals surface area contributed by atoms with Crippen molar-refractivity contribution >= 4 is 5.91 Å². The Morgan fingerprint density at radius 1 is 1.05 bits per heavy atom. The molecule has 4 heteroatoms. The molecule has 0 heterocycles. The molecule has 19 heavy (non-hydrogen) atoms. The summed E-state index contributed by atoms with van der Waals surface area (Å²) in [7, 11) is 0. The van der Waals surface area contributed by atoms with Crippen molar-refractivity contribution in [1.82, 2.24) is 5.32 Å². The number of unbranched alkanes of at least 4 members (excludes halogenated alkanes) is 2. The van der Waals surface area contributed by atoms with Gasteiger partial charge < -0.3 is 14.8 Å². The molecule has 0 saturated carbocycles. The molecule has 1 rings (SSSR count). The third-order valence-corrected chi connectivity index (χ3v) is 2.58. The van der Waals surface area contributed by atoms with Gasteiger partial charge in [-0.1, -0.05) is 19.8 Å². The Kier molecular flexibility index (Phi) is 7.47. The first-order chi connectivity index (χ1) is 9.26. The van der Waals surface area contributed by atoms with Crippen molar-refractivity contribution in [3.63, 3.8) is 0 Å². The first-order valence-corrected chi connectivity index (χ1v) is 6.88. The number of likely N-dealkylation sites (N-methyl/N-ethyl adjacent to an activating group) is 1. The molecule has 1 N–H and O–H groups in total. The van der Waals surface area contributed by atoms with Gasteiger partial charge in [-0.2, -0.15) is 0 Å². The summed E-state index contributed by atoms with van der Waals surface area (Å²) in [6.07, 6.45) is 3.45. The Bertz CT molecular complexity index is 362. The molecule has 0 fully saturated rings. The number of amides is 1. The molecule has 0 atom stereocenters. The Morgan fingerprint density at radius 2 is 1.68 bits per heavy atom. The van der Waals surface area contributed by atoms with Crippen LogP contribution in [0.2, 0.25) is 0 Å². The average molecular weight is 265 g/mol. The molecule has 0 saturated heterocycles. The van der Waals surface area contributed by atoms with E-state index in [0.717, 1.165) is 18.8 Å². The van der Waals surface area contributed by atoms with Crippen molar-refractivity contribution in [2.45, 2.75) is 33.1 Å². The number of carbonyl (C=O) groups excluding carboxylic acids is 1. The van der Waals surface area contributed by atoms with Gasteiger partial charge in [-0.25, -0.2) is 0 Å². The monoisotopic (exact) mass is 265 g/mol. The van der Waals surface area contributed by atoms with Crippen molar-refractivity contribution < 1.29 is 14.3 Å². The fraction of sp³-hybridized carbons (Fsp3) is 0.533. The van der Waals surface area contributed by atoms with Crippen LogP contribution in [0.25, 0.3) is 0 Å². The number of hydrogen-bond acceptors (Lipinski definition) is 3. The molecule has 0 aliphatic rings. The van der Waals surface area contributed by atoms with Gasteiger partial charge >= 0.3 is 0 Å². The van der Waals surface area contributed by atoms with Crippen molar-refractivity contribution in [2.75, 3.05) is 19.8 Å². The van der Waals surface area contributed by atoms with Crippen LogP contribution in [0.5, 0.6) is 11.5 Å². The first-order valence-electron chi connectivity index (χ1n) is 6.88. The molecule has 0 radical (unpaired) electrons. The maximum atomic E-state index is 11.2. The van der Waals surface area contributed by atoms with Gasteiger partial charge in [0.1, 0.15) is 11.5 Å².